The van der Waals surface area contributed by atoms with Crippen LogP contribution in [0.1, 0.15) is 20.9 Å². The fourth-order valence-corrected chi connectivity index (χ4v) is 2.98. The smallest absolute Gasteiger partial charge is 0.291 e. The molecule has 0 fully saturated rings. The number of thiocarbonyl (C=S) groups is 1. The average molecular weight is 521 g/mol. The number of nitrogens with one attached hydrogen (secondary N) is 3. The Morgan fingerprint density at radius 1 is 1.03 bits per heavy atom. The van der Waals surface area contributed by atoms with E-state index < -0.39 is 0 Å². The molecule has 29 heavy (non-hydrogen) atoms. The van der Waals surface area contributed by atoms with Crippen molar-refractivity contribution in [3.63, 3.8) is 0 Å². The van der Waals surface area contributed by atoms with E-state index in [1.807, 2.05) is 12.1 Å². The van der Waals surface area contributed by atoms with Crippen molar-refractivity contribution >= 4 is 63.1 Å². The molecule has 0 spiro atoms. The minimum absolute atomic E-state index is 0.0985. The molecule has 0 aliphatic carbocycles. The normalized spacial score (nSPS) is 10.1. The van der Waals surface area contributed by atoms with Crippen LogP contribution in [0.4, 0.5) is 11.4 Å². The van der Waals surface area contributed by atoms with Crippen LogP contribution in [-0.2, 0) is 0 Å². The molecule has 1 heterocycles. The number of amides is 2. The monoisotopic (exact) mass is 521 g/mol. The fraction of sp³-hybridized carbons (Fsp3) is 0.0500. The molecule has 0 aliphatic heterocycles. The SMILES string of the molecule is COc1ccc(NC(=O)c2ccco2)cc1NC(=S)NC(=O)c1ccc(I)cc1. The van der Waals surface area contributed by atoms with E-state index in [1.54, 1.807) is 42.5 Å². The summed E-state index contributed by atoms with van der Waals surface area (Å²) in [5, 5.41) is 8.36. The molecule has 7 nitrogen and oxygen atoms in total. The van der Waals surface area contributed by atoms with E-state index in [4.69, 9.17) is 21.4 Å². The van der Waals surface area contributed by atoms with E-state index in [2.05, 4.69) is 38.5 Å². The predicted octanol–water partition coefficient (Wildman–Crippen LogP) is 4.27. The molecule has 3 N–H and O–H groups in total. The number of hydrogen-bond acceptors (Lipinski definition) is 5. The van der Waals surface area contributed by atoms with Crippen molar-refractivity contribution < 1.29 is 18.7 Å². The molecule has 0 saturated carbocycles. The summed E-state index contributed by atoms with van der Waals surface area (Å²) in [7, 11) is 1.51. The van der Waals surface area contributed by atoms with Gasteiger partial charge < -0.3 is 19.8 Å². The van der Waals surface area contributed by atoms with E-state index in [-0.39, 0.29) is 22.7 Å². The van der Waals surface area contributed by atoms with Gasteiger partial charge in [-0.25, -0.2) is 0 Å². The molecule has 0 aliphatic rings. The summed E-state index contributed by atoms with van der Waals surface area (Å²) in [6.45, 7) is 0. The van der Waals surface area contributed by atoms with Crippen molar-refractivity contribution in [3.05, 3.63) is 75.8 Å². The lowest BCUT2D eigenvalue weighted by atomic mass is 10.2. The summed E-state index contributed by atoms with van der Waals surface area (Å²) >= 11 is 7.40. The second-order valence-corrected chi connectivity index (χ2v) is 7.42. The molecule has 3 aromatic rings. The first-order valence-corrected chi connectivity index (χ1v) is 9.86. The van der Waals surface area contributed by atoms with Gasteiger partial charge in [0, 0.05) is 14.8 Å². The van der Waals surface area contributed by atoms with Gasteiger partial charge in [0.25, 0.3) is 11.8 Å². The number of carbonyl (C=O) groups is 2. The predicted molar refractivity (Wildman–Crippen MR) is 123 cm³/mol. The minimum atomic E-state index is -0.388. The Morgan fingerprint density at radius 3 is 2.45 bits per heavy atom. The van der Waals surface area contributed by atoms with Crippen LogP contribution >= 0.6 is 34.8 Å². The van der Waals surface area contributed by atoms with Crippen molar-refractivity contribution in [1.82, 2.24) is 5.32 Å². The molecule has 0 saturated heterocycles. The molecule has 0 bridgehead atoms. The lowest BCUT2D eigenvalue weighted by Gasteiger charge is -2.14. The van der Waals surface area contributed by atoms with E-state index in [9.17, 15) is 9.59 Å². The number of furan rings is 1. The highest BCUT2D eigenvalue weighted by molar-refractivity contribution is 14.1. The number of rotatable bonds is 5. The van der Waals surface area contributed by atoms with Gasteiger partial charge >= 0.3 is 0 Å². The largest absolute Gasteiger partial charge is 0.495 e. The Hall–Kier alpha value is -2.92. The van der Waals surface area contributed by atoms with Crippen molar-refractivity contribution in [2.45, 2.75) is 0 Å². The van der Waals surface area contributed by atoms with Crippen LogP contribution < -0.4 is 20.7 Å². The molecule has 2 aromatic carbocycles. The van der Waals surface area contributed by atoms with Crippen LogP contribution in [0, 0.1) is 3.57 Å². The number of ether oxygens (including phenoxy) is 1. The highest BCUT2D eigenvalue weighted by Crippen LogP contribution is 2.28. The van der Waals surface area contributed by atoms with Gasteiger partial charge in [-0.2, -0.15) is 0 Å². The highest BCUT2D eigenvalue weighted by atomic mass is 127. The second kappa shape index (κ2) is 9.52. The van der Waals surface area contributed by atoms with E-state index in [1.165, 1.54) is 13.4 Å². The third-order valence-electron chi connectivity index (χ3n) is 3.78. The first kappa shape index (κ1) is 20.8. The topological polar surface area (TPSA) is 92.6 Å². The van der Waals surface area contributed by atoms with Gasteiger partial charge in [0.1, 0.15) is 5.75 Å². The maximum Gasteiger partial charge on any atom is 0.291 e. The summed E-state index contributed by atoms with van der Waals surface area (Å²) in [6, 6.07) is 15.3. The van der Waals surface area contributed by atoms with Gasteiger partial charge in [-0.3, -0.25) is 14.9 Å². The van der Waals surface area contributed by atoms with Gasteiger partial charge in [0.2, 0.25) is 0 Å². The average Bonchev–Trinajstić information content (AvgIpc) is 3.23. The Labute approximate surface area is 186 Å². The van der Waals surface area contributed by atoms with Gasteiger partial charge in [-0.15, -0.1) is 0 Å². The lowest BCUT2D eigenvalue weighted by molar-refractivity contribution is 0.0975. The molecule has 0 atom stereocenters. The Morgan fingerprint density at radius 2 is 1.79 bits per heavy atom. The summed E-state index contributed by atoms with van der Waals surface area (Å²) < 4.78 is 11.4. The highest BCUT2D eigenvalue weighted by Gasteiger charge is 2.13. The summed E-state index contributed by atoms with van der Waals surface area (Å²) in [4.78, 5) is 24.5. The van der Waals surface area contributed by atoms with Crippen LogP contribution in [0.3, 0.4) is 0 Å². The van der Waals surface area contributed by atoms with Gasteiger partial charge in [-0.1, -0.05) is 0 Å². The minimum Gasteiger partial charge on any atom is -0.495 e. The van der Waals surface area contributed by atoms with Crippen molar-refractivity contribution in [1.29, 1.82) is 0 Å². The lowest BCUT2D eigenvalue weighted by Crippen LogP contribution is -2.34. The molecular formula is C20H16IN3O4S. The van der Waals surface area contributed by atoms with E-state index in [0.717, 1.165) is 3.57 Å². The zero-order valence-corrected chi connectivity index (χ0v) is 18.2. The molecule has 0 unspecified atom stereocenters. The number of hydrogen-bond donors (Lipinski definition) is 3. The summed E-state index contributed by atoms with van der Waals surface area (Å²) in [5.41, 5.74) is 1.47. The maximum atomic E-state index is 12.3. The third kappa shape index (κ3) is 5.55. The van der Waals surface area contributed by atoms with Crippen molar-refractivity contribution in [2.75, 3.05) is 17.7 Å². The van der Waals surface area contributed by atoms with Crippen LogP contribution in [0.15, 0.2) is 65.3 Å². The molecule has 2 amide bonds. The summed E-state index contributed by atoms with van der Waals surface area (Å²) in [5.74, 6) is -0.0386. The Balaban J connectivity index is 1.69. The number of benzene rings is 2. The van der Waals surface area contributed by atoms with Crippen molar-refractivity contribution in [3.8, 4) is 5.75 Å². The fourth-order valence-electron chi connectivity index (χ4n) is 2.41. The molecule has 0 radical (unpaired) electrons. The molecule has 3 rings (SSSR count). The first-order chi connectivity index (χ1) is 14.0. The quantitative estimate of drug-likeness (QED) is 0.343. The second-order valence-electron chi connectivity index (χ2n) is 5.76. The van der Waals surface area contributed by atoms with Crippen LogP contribution in [0.5, 0.6) is 5.75 Å². The number of methoxy groups -OCH3 is 1. The molecular weight excluding hydrogens is 505 g/mol. The number of anilines is 2. The van der Waals surface area contributed by atoms with Crippen LogP contribution in [0.25, 0.3) is 0 Å². The zero-order valence-electron chi connectivity index (χ0n) is 15.2. The Bertz CT molecular complexity index is 1040. The van der Waals surface area contributed by atoms with Crippen LogP contribution in [-0.4, -0.2) is 24.0 Å². The maximum absolute atomic E-state index is 12.3. The zero-order chi connectivity index (χ0) is 20.8. The van der Waals surface area contributed by atoms with E-state index in [0.29, 0.717) is 22.7 Å². The number of halogens is 1. The molecule has 148 valence electrons. The first-order valence-electron chi connectivity index (χ1n) is 8.37. The van der Waals surface area contributed by atoms with Crippen LogP contribution in [0.2, 0.25) is 0 Å². The van der Waals surface area contributed by atoms with Gasteiger partial charge in [0.05, 0.1) is 19.1 Å². The summed E-state index contributed by atoms with van der Waals surface area (Å²) in [6.07, 6.45) is 1.42. The van der Waals surface area contributed by atoms with Gasteiger partial charge in [0.15, 0.2) is 10.9 Å². The number of carbonyl (C=O) groups excluding carboxylic acids is 2. The standard InChI is InChI=1S/C20H16IN3O4S/c1-27-16-9-8-14(22-19(26)17-3-2-10-28-17)11-15(16)23-20(29)24-18(25)12-4-6-13(21)7-5-12/h2-11H,1H3,(H,22,26)(H2,23,24,25,29). The Kier molecular flexibility index (Phi) is 6.83. The van der Waals surface area contributed by atoms with Gasteiger partial charge in [-0.05, 0) is 89.4 Å². The molecule has 1 aromatic heterocycles. The van der Waals surface area contributed by atoms with Crippen molar-refractivity contribution in [2.24, 2.45) is 0 Å². The molecule has 9 heteroatoms. The third-order valence-corrected chi connectivity index (χ3v) is 4.71. The van der Waals surface area contributed by atoms with E-state index >= 15 is 0 Å².